The van der Waals surface area contributed by atoms with Gasteiger partial charge in [0.2, 0.25) is 21.8 Å². The van der Waals surface area contributed by atoms with Crippen LogP contribution in [0.15, 0.2) is 53.4 Å². The summed E-state index contributed by atoms with van der Waals surface area (Å²) in [6, 6.07) is 11.4. The van der Waals surface area contributed by atoms with Crippen LogP contribution in [0, 0.1) is 12.7 Å². The highest BCUT2D eigenvalue weighted by atomic mass is 32.2. The molecule has 0 radical (unpaired) electrons. The van der Waals surface area contributed by atoms with Crippen molar-refractivity contribution in [3.05, 3.63) is 59.9 Å². The Labute approximate surface area is 189 Å². The number of likely N-dealkylation sites (N-methyl/N-ethyl adjacent to an activating group) is 1. The molecule has 0 saturated heterocycles. The number of hydrogen-bond acceptors (Lipinski definition) is 6. The van der Waals surface area contributed by atoms with Gasteiger partial charge in [0.05, 0.1) is 22.9 Å². The van der Waals surface area contributed by atoms with Crippen LogP contribution in [0.5, 0.6) is 0 Å². The summed E-state index contributed by atoms with van der Waals surface area (Å²) in [6.45, 7) is 1.33. The number of benzene rings is 2. The molecule has 0 fully saturated rings. The van der Waals surface area contributed by atoms with Crippen LogP contribution in [0.2, 0.25) is 0 Å². The Morgan fingerprint density at radius 1 is 0.906 bits per heavy atom. The summed E-state index contributed by atoms with van der Waals surface area (Å²) >= 11 is 1.00. The first-order chi connectivity index (χ1) is 15.1. The molecule has 9 nitrogen and oxygen atoms in total. The van der Waals surface area contributed by atoms with Crippen LogP contribution >= 0.6 is 11.8 Å². The molecule has 0 aromatic heterocycles. The lowest BCUT2D eigenvalue weighted by Crippen LogP contribution is -2.47. The predicted molar refractivity (Wildman–Crippen MR) is 120 cm³/mol. The maximum atomic E-state index is 12.8. The number of aryl methyl sites for hydroxylation is 1. The first-order valence-corrected chi connectivity index (χ1v) is 11.9. The summed E-state index contributed by atoms with van der Waals surface area (Å²) in [7, 11) is -2.59. The van der Waals surface area contributed by atoms with Crippen molar-refractivity contribution in [3.63, 3.8) is 0 Å². The Morgan fingerprint density at radius 3 is 2.09 bits per heavy atom. The molecule has 0 aliphatic heterocycles. The monoisotopic (exact) mass is 482 g/mol. The Kier molecular flexibility index (Phi) is 9.17. The minimum Gasteiger partial charge on any atom is -0.325 e. The molecule has 172 valence electrons. The number of amides is 3. The Morgan fingerprint density at radius 2 is 1.47 bits per heavy atom. The molecule has 2 aromatic rings. The van der Waals surface area contributed by atoms with Crippen LogP contribution in [0.4, 0.5) is 10.1 Å². The number of hydrazine groups is 1. The van der Waals surface area contributed by atoms with Crippen LogP contribution in [0.25, 0.3) is 0 Å². The number of nitrogens with one attached hydrogen (secondary N) is 3. The number of nitrogens with zero attached hydrogens (tertiary/aromatic N) is 1. The van der Waals surface area contributed by atoms with Crippen LogP contribution in [-0.4, -0.2) is 55.5 Å². The Bertz CT molecular complexity index is 1060. The van der Waals surface area contributed by atoms with Gasteiger partial charge in [0.25, 0.3) is 5.91 Å². The van der Waals surface area contributed by atoms with Gasteiger partial charge in [0.1, 0.15) is 5.82 Å². The number of carbonyl (C=O) groups excluding carboxylic acids is 3. The SMILES string of the molecule is Cc1ccc(S(=O)(=O)N(C)CC(=O)NNC(=O)CSCC(=O)Nc2ccc(F)cc2)cc1. The first-order valence-electron chi connectivity index (χ1n) is 9.32. The summed E-state index contributed by atoms with van der Waals surface area (Å²) in [4.78, 5) is 35.6. The molecule has 0 bridgehead atoms. The molecule has 0 unspecified atom stereocenters. The summed E-state index contributed by atoms with van der Waals surface area (Å²) in [6.07, 6.45) is 0. The predicted octanol–water partition coefficient (Wildman–Crippen LogP) is 1.27. The van der Waals surface area contributed by atoms with E-state index in [1.807, 2.05) is 6.92 Å². The van der Waals surface area contributed by atoms with Crippen molar-refractivity contribution in [1.82, 2.24) is 15.2 Å². The molecule has 0 spiro atoms. The van der Waals surface area contributed by atoms with Crippen molar-refractivity contribution in [2.75, 3.05) is 30.4 Å². The molecule has 0 heterocycles. The average Bonchev–Trinajstić information content (AvgIpc) is 2.74. The van der Waals surface area contributed by atoms with E-state index in [9.17, 15) is 27.2 Å². The third-order valence-electron chi connectivity index (χ3n) is 4.03. The Hall–Kier alpha value is -2.96. The fourth-order valence-electron chi connectivity index (χ4n) is 2.36. The topological polar surface area (TPSA) is 125 Å². The van der Waals surface area contributed by atoms with Gasteiger partial charge in [0.15, 0.2) is 0 Å². The van der Waals surface area contributed by atoms with Crippen molar-refractivity contribution >= 4 is 45.2 Å². The van der Waals surface area contributed by atoms with Gasteiger partial charge in [-0.15, -0.1) is 11.8 Å². The van der Waals surface area contributed by atoms with Crippen LogP contribution in [-0.2, 0) is 24.4 Å². The molecule has 3 N–H and O–H groups in total. The summed E-state index contributed by atoms with van der Waals surface area (Å²) in [5.74, 6) is -2.24. The molecule has 3 amide bonds. The molecule has 12 heteroatoms. The number of anilines is 1. The zero-order valence-corrected chi connectivity index (χ0v) is 19.1. The van der Waals surface area contributed by atoms with E-state index in [-0.39, 0.29) is 22.3 Å². The lowest BCUT2D eigenvalue weighted by atomic mass is 10.2. The van der Waals surface area contributed by atoms with Crippen LogP contribution < -0.4 is 16.2 Å². The maximum absolute atomic E-state index is 12.8. The molecular weight excluding hydrogens is 459 g/mol. The van der Waals surface area contributed by atoms with Gasteiger partial charge in [-0.2, -0.15) is 4.31 Å². The smallest absolute Gasteiger partial charge is 0.253 e. The lowest BCUT2D eigenvalue weighted by molar-refractivity contribution is -0.127. The molecule has 0 saturated carbocycles. The lowest BCUT2D eigenvalue weighted by Gasteiger charge is -2.17. The van der Waals surface area contributed by atoms with E-state index in [1.165, 1.54) is 43.4 Å². The van der Waals surface area contributed by atoms with Crippen molar-refractivity contribution in [3.8, 4) is 0 Å². The van der Waals surface area contributed by atoms with Crippen LogP contribution in [0.1, 0.15) is 5.56 Å². The standard InChI is InChI=1S/C20H23FN4O5S2/c1-14-3-9-17(10-4-14)32(29,30)25(2)11-18(26)23-24-20(28)13-31-12-19(27)22-16-7-5-15(21)6-8-16/h3-10H,11-13H2,1-2H3,(H,22,27)(H,23,26)(H,24,28). The van der Waals surface area contributed by atoms with Gasteiger partial charge < -0.3 is 5.32 Å². The fourth-order valence-corrected chi connectivity index (χ4v) is 4.10. The minimum atomic E-state index is -3.85. The van der Waals surface area contributed by atoms with Crippen molar-refractivity contribution < 1.29 is 27.2 Å². The summed E-state index contributed by atoms with van der Waals surface area (Å²) in [5.41, 5.74) is 5.63. The van der Waals surface area contributed by atoms with Gasteiger partial charge in [-0.1, -0.05) is 17.7 Å². The highest BCUT2D eigenvalue weighted by Gasteiger charge is 2.23. The fraction of sp³-hybridized carbons (Fsp3) is 0.250. The maximum Gasteiger partial charge on any atom is 0.253 e. The molecule has 2 rings (SSSR count). The van der Waals surface area contributed by atoms with E-state index < -0.39 is 34.2 Å². The number of carbonyl (C=O) groups is 3. The molecule has 0 aliphatic carbocycles. The molecule has 0 atom stereocenters. The third-order valence-corrected chi connectivity index (χ3v) is 6.78. The van der Waals surface area contributed by atoms with E-state index in [1.54, 1.807) is 12.1 Å². The summed E-state index contributed by atoms with van der Waals surface area (Å²) < 4.78 is 38.6. The van der Waals surface area contributed by atoms with Gasteiger partial charge in [-0.25, -0.2) is 12.8 Å². The minimum absolute atomic E-state index is 0.0315. The highest BCUT2D eigenvalue weighted by molar-refractivity contribution is 8.00. The van der Waals surface area contributed by atoms with Crippen molar-refractivity contribution in [2.24, 2.45) is 0 Å². The quantitative estimate of drug-likeness (QED) is 0.463. The zero-order valence-electron chi connectivity index (χ0n) is 17.4. The van der Waals surface area contributed by atoms with Crippen molar-refractivity contribution in [1.29, 1.82) is 0 Å². The number of hydrogen-bond donors (Lipinski definition) is 3. The Balaban J connectivity index is 1.69. The first kappa shape index (κ1) is 25.3. The third kappa shape index (κ3) is 7.94. The van der Waals surface area contributed by atoms with Gasteiger partial charge >= 0.3 is 0 Å². The van der Waals surface area contributed by atoms with E-state index >= 15 is 0 Å². The molecule has 0 aliphatic rings. The van der Waals surface area contributed by atoms with E-state index in [0.717, 1.165) is 21.6 Å². The van der Waals surface area contributed by atoms with Gasteiger partial charge in [0, 0.05) is 12.7 Å². The van der Waals surface area contributed by atoms with Crippen molar-refractivity contribution in [2.45, 2.75) is 11.8 Å². The average molecular weight is 483 g/mol. The molecule has 2 aromatic carbocycles. The zero-order chi connectivity index (χ0) is 23.7. The van der Waals surface area contributed by atoms with E-state index in [4.69, 9.17) is 0 Å². The second-order valence-corrected chi connectivity index (χ2v) is 9.75. The largest absolute Gasteiger partial charge is 0.325 e. The van der Waals surface area contributed by atoms with Crippen LogP contribution in [0.3, 0.4) is 0 Å². The molecule has 32 heavy (non-hydrogen) atoms. The van der Waals surface area contributed by atoms with Gasteiger partial charge in [-0.3, -0.25) is 25.2 Å². The normalized spacial score (nSPS) is 11.1. The number of rotatable bonds is 9. The number of thioether (sulfide) groups is 1. The second-order valence-electron chi connectivity index (χ2n) is 6.72. The number of sulfonamides is 1. The highest BCUT2D eigenvalue weighted by Crippen LogP contribution is 2.14. The second kappa shape index (κ2) is 11.6. The molecular formula is C20H23FN4O5S2. The van der Waals surface area contributed by atoms with Gasteiger partial charge in [-0.05, 0) is 43.3 Å². The van der Waals surface area contributed by atoms with E-state index in [0.29, 0.717) is 5.69 Å². The van der Waals surface area contributed by atoms with E-state index in [2.05, 4.69) is 16.2 Å². The summed E-state index contributed by atoms with van der Waals surface area (Å²) in [5, 5.41) is 2.56. The number of halogens is 1.